The SMILES string of the molecule is CCC(C)N(CC(=O)O)C(=O)Nc1cccc(F)c1C. The first-order valence-electron chi connectivity index (χ1n) is 6.41. The number of urea groups is 1. The molecule has 0 bridgehead atoms. The predicted octanol–water partition coefficient (Wildman–Crippen LogP) is 2.85. The lowest BCUT2D eigenvalue weighted by molar-refractivity contribution is -0.138. The zero-order valence-electron chi connectivity index (χ0n) is 11.8. The minimum atomic E-state index is -1.09. The molecule has 5 nitrogen and oxygen atoms in total. The lowest BCUT2D eigenvalue weighted by Crippen LogP contribution is -2.44. The van der Waals surface area contributed by atoms with Crippen molar-refractivity contribution in [2.75, 3.05) is 11.9 Å². The zero-order valence-corrected chi connectivity index (χ0v) is 11.8. The molecule has 1 aromatic rings. The Kier molecular flexibility index (Phi) is 5.49. The third-order valence-corrected chi connectivity index (χ3v) is 3.20. The van der Waals surface area contributed by atoms with Gasteiger partial charge < -0.3 is 15.3 Å². The lowest BCUT2D eigenvalue weighted by Gasteiger charge is -2.27. The molecule has 1 unspecified atom stereocenters. The first-order valence-corrected chi connectivity index (χ1v) is 6.41. The second-order valence-electron chi connectivity index (χ2n) is 4.62. The fourth-order valence-corrected chi connectivity index (χ4v) is 1.72. The summed E-state index contributed by atoms with van der Waals surface area (Å²) in [6, 6.07) is 3.60. The Morgan fingerprint density at radius 1 is 1.45 bits per heavy atom. The number of carbonyl (C=O) groups is 2. The van der Waals surface area contributed by atoms with Crippen molar-refractivity contribution in [3.8, 4) is 0 Å². The second kappa shape index (κ2) is 6.88. The van der Waals surface area contributed by atoms with Crippen LogP contribution in [0.2, 0.25) is 0 Å². The maximum atomic E-state index is 13.4. The molecule has 0 spiro atoms. The van der Waals surface area contributed by atoms with Crippen LogP contribution >= 0.6 is 0 Å². The maximum absolute atomic E-state index is 13.4. The summed E-state index contributed by atoms with van der Waals surface area (Å²) in [6.45, 7) is 4.78. The van der Waals surface area contributed by atoms with E-state index in [4.69, 9.17) is 5.11 Å². The van der Waals surface area contributed by atoms with E-state index < -0.39 is 24.4 Å². The first-order chi connectivity index (χ1) is 9.36. The van der Waals surface area contributed by atoms with Crippen LogP contribution in [0, 0.1) is 12.7 Å². The Balaban J connectivity index is 2.90. The summed E-state index contributed by atoms with van der Waals surface area (Å²) in [5.74, 6) is -1.51. The molecule has 1 aromatic carbocycles. The van der Waals surface area contributed by atoms with E-state index in [0.29, 0.717) is 17.7 Å². The smallest absolute Gasteiger partial charge is 0.323 e. The Morgan fingerprint density at radius 2 is 2.10 bits per heavy atom. The number of carboxylic acid groups (broad SMARTS) is 1. The predicted molar refractivity (Wildman–Crippen MR) is 74.3 cm³/mol. The molecule has 0 heterocycles. The van der Waals surface area contributed by atoms with E-state index in [-0.39, 0.29) is 6.04 Å². The molecule has 0 saturated carbocycles. The summed E-state index contributed by atoms with van der Waals surface area (Å²) < 4.78 is 13.4. The maximum Gasteiger partial charge on any atom is 0.323 e. The number of nitrogens with one attached hydrogen (secondary N) is 1. The molecule has 0 aliphatic heterocycles. The number of benzene rings is 1. The van der Waals surface area contributed by atoms with Crippen LogP contribution in [-0.2, 0) is 4.79 Å². The third-order valence-electron chi connectivity index (χ3n) is 3.20. The lowest BCUT2D eigenvalue weighted by atomic mass is 10.2. The van der Waals surface area contributed by atoms with Crippen molar-refractivity contribution >= 4 is 17.7 Å². The van der Waals surface area contributed by atoms with E-state index in [9.17, 15) is 14.0 Å². The van der Waals surface area contributed by atoms with E-state index in [0.717, 1.165) is 0 Å². The van der Waals surface area contributed by atoms with Gasteiger partial charge in [-0.25, -0.2) is 9.18 Å². The summed E-state index contributed by atoms with van der Waals surface area (Å²) >= 11 is 0. The largest absolute Gasteiger partial charge is 0.480 e. The minimum absolute atomic E-state index is 0.222. The molecule has 0 saturated heterocycles. The van der Waals surface area contributed by atoms with Crippen LogP contribution < -0.4 is 5.32 Å². The van der Waals surface area contributed by atoms with Gasteiger partial charge in [0.2, 0.25) is 0 Å². The standard InChI is InChI=1S/C14H19FN2O3/c1-4-9(2)17(8-13(18)19)14(20)16-12-7-5-6-11(15)10(12)3/h5-7,9H,4,8H2,1-3H3,(H,16,20)(H,18,19). The van der Waals surface area contributed by atoms with Crippen molar-refractivity contribution in [2.45, 2.75) is 33.2 Å². The van der Waals surface area contributed by atoms with Crippen LogP contribution in [0.5, 0.6) is 0 Å². The number of amides is 2. The highest BCUT2D eigenvalue weighted by Crippen LogP contribution is 2.18. The van der Waals surface area contributed by atoms with Crippen molar-refractivity contribution in [1.29, 1.82) is 0 Å². The van der Waals surface area contributed by atoms with Crippen LogP contribution in [-0.4, -0.2) is 34.6 Å². The van der Waals surface area contributed by atoms with Crippen molar-refractivity contribution in [1.82, 2.24) is 4.90 Å². The number of hydrogen-bond donors (Lipinski definition) is 2. The van der Waals surface area contributed by atoms with E-state index in [1.54, 1.807) is 19.9 Å². The molecule has 0 aliphatic rings. The Bertz CT molecular complexity index is 505. The number of aliphatic carboxylic acids is 1. The summed E-state index contributed by atoms with van der Waals surface area (Å²) in [7, 11) is 0. The van der Waals surface area contributed by atoms with Crippen molar-refractivity contribution in [3.63, 3.8) is 0 Å². The molecule has 110 valence electrons. The number of hydrogen-bond acceptors (Lipinski definition) is 2. The van der Waals surface area contributed by atoms with E-state index in [1.165, 1.54) is 17.0 Å². The van der Waals surface area contributed by atoms with Gasteiger partial charge in [0.05, 0.1) is 0 Å². The molecule has 1 rings (SSSR count). The number of halogens is 1. The highest BCUT2D eigenvalue weighted by atomic mass is 19.1. The summed E-state index contributed by atoms with van der Waals surface area (Å²) in [4.78, 5) is 24.2. The molecule has 0 aromatic heterocycles. The van der Waals surface area contributed by atoms with Crippen LogP contribution in [0.15, 0.2) is 18.2 Å². The van der Waals surface area contributed by atoms with Gasteiger partial charge in [-0.2, -0.15) is 0 Å². The van der Waals surface area contributed by atoms with Gasteiger partial charge in [-0.1, -0.05) is 13.0 Å². The quantitative estimate of drug-likeness (QED) is 0.872. The molecule has 6 heteroatoms. The van der Waals surface area contributed by atoms with Gasteiger partial charge in [0.15, 0.2) is 0 Å². The van der Waals surface area contributed by atoms with Crippen LogP contribution in [0.4, 0.5) is 14.9 Å². The van der Waals surface area contributed by atoms with Gasteiger partial charge in [0.1, 0.15) is 12.4 Å². The summed E-state index contributed by atoms with van der Waals surface area (Å²) in [5.41, 5.74) is 0.661. The van der Waals surface area contributed by atoms with Crippen LogP contribution in [0.3, 0.4) is 0 Å². The summed E-state index contributed by atoms with van der Waals surface area (Å²) in [6.07, 6.45) is 0.628. The van der Waals surface area contributed by atoms with Crippen molar-refractivity contribution in [3.05, 3.63) is 29.6 Å². The molecule has 0 radical (unpaired) electrons. The molecule has 0 aliphatic carbocycles. The first kappa shape index (κ1) is 15.9. The Labute approximate surface area is 117 Å². The molecule has 20 heavy (non-hydrogen) atoms. The Morgan fingerprint density at radius 3 is 2.65 bits per heavy atom. The van der Waals surface area contributed by atoms with Gasteiger partial charge in [0.25, 0.3) is 0 Å². The molecule has 0 fully saturated rings. The van der Waals surface area contributed by atoms with Crippen molar-refractivity contribution in [2.24, 2.45) is 0 Å². The van der Waals surface area contributed by atoms with Gasteiger partial charge >= 0.3 is 12.0 Å². The average molecular weight is 282 g/mol. The zero-order chi connectivity index (χ0) is 15.3. The minimum Gasteiger partial charge on any atom is -0.480 e. The highest BCUT2D eigenvalue weighted by Gasteiger charge is 2.22. The highest BCUT2D eigenvalue weighted by molar-refractivity contribution is 5.92. The fraction of sp³-hybridized carbons (Fsp3) is 0.429. The molecular weight excluding hydrogens is 263 g/mol. The summed E-state index contributed by atoms with van der Waals surface area (Å²) in [5, 5.41) is 11.4. The fourth-order valence-electron chi connectivity index (χ4n) is 1.72. The topological polar surface area (TPSA) is 69.6 Å². The number of carbonyl (C=O) groups excluding carboxylic acids is 1. The molecule has 2 amide bonds. The van der Waals surface area contributed by atoms with Gasteiger partial charge in [0, 0.05) is 17.3 Å². The normalized spacial score (nSPS) is 11.8. The molecule has 2 N–H and O–H groups in total. The van der Waals surface area contributed by atoms with Crippen LogP contribution in [0.25, 0.3) is 0 Å². The molecule has 1 atom stereocenters. The van der Waals surface area contributed by atoms with Crippen molar-refractivity contribution < 1.29 is 19.1 Å². The number of nitrogens with zero attached hydrogens (tertiary/aromatic N) is 1. The number of carboxylic acids is 1. The van der Waals surface area contributed by atoms with E-state index in [1.807, 2.05) is 6.92 Å². The second-order valence-corrected chi connectivity index (χ2v) is 4.62. The monoisotopic (exact) mass is 282 g/mol. The molecular formula is C14H19FN2O3. The van der Waals surface area contributed by atoms with Gasteiger partial charge in [-0.15, -0.1) is 0 Å². The Hall–Kier alpha value is -2.11. The number of anilines is 1. The van der Waals surface area contributed by atoms with Gasteiger partial charge in [-0.05, 0) is 32.4 Å². The number of rotatable bonds is 5. The van der Waals surface area contributed by atoms with E-state index >= 15 is 0 Å². The van der Waals surface area contributed by atoms with E-state index in [2.05, 4.69) is 5.32 Å². The average Bonchev–Trinajstić information content (AvgIpc) is 2.40. The third kappa shape index (κ3) is 3.94. The van der Waals surface area contributed by atoms with Gasteiger partial charge in [-0.3, -0.25) is 4.79 Å². The van der Waals surface area contributed by atoms with Crippen LogP contribution in [0.1, 0.15) is 25.8 Å².